The van der Waals surface area contributed by atoms with Gasteiger partial charge in [-0.1, -0.05) is 26.0 Å². The Balaban J connectivity index is 2.14. The quantitative estimate of drug-likeness (QED) is 0.668. The topological polar surface area (TPSA) is 76.7 Å². The lowest BCUT2D eigenvalue weighted by Gasteiger charge is -2.17. The minimum Gasteiger partial charge on any atom is -0.497 e. The highest BCUT2D eigenvalue weighted by Gasteiger charge is 2.17. The van der Waals surface area contributed by atoms with E-state index in [0.29, 0.717) is 30.0 Å². The van der Waals surface area contributed by atoms with Gasteiger partial charge in [-0.15, -0.1) is 0 Å². The highest BCUT2D eigenvalue weighted by atomic mass is 16.5. The van der Waals surface area contributed by atoms with Crippen LogP contribution < -0.4 is 20.1 Å². The fourth-order valence-corrected chi connectivity index (χ4v) is 2.86. The largest absolute Gasteiger partial charge is 0.497 e. The number of benzene rings is 2. The number of rotatable bonds is 9. The van der Waals surface area contributed by atoms with Crippen LogP contribution in [-0.4, -0.2) is 31.6 Å². The fourth-order valence-electron chi connectivity index (χ4n) is 2.86. The Hall–Kier alpha value is -3.02. The van der Waals surface area contributed by atoms with Crippen LogP contribution in [-0.2, 0) is 11.2 Å². The van der Waals surface area contributed by atoms with Crippen LogP contribution in [0.4, 0.5) is 5.69 Å². The van der Waals surface area contributed by atoms with Crippen LogP contribution in [0.3, 0.4) is 0 Å². The molecular formula is C23H30N2O4. The maximum absolute atomic E-state index is 12.9. The van der Waals surface area contributed by atoms with E-state index < -0.39 is 0 Å². The van der Waals surface area contributed by atoms with Crippen molar-refractivity contribution in [1.82, 2.24) is 5.32 Å². The summed E-state index contributed by atoms with van der Waals surface area (Å²) in [5, 5.41) is 5.84. The van der Waals surface area contributed by atoms with Crippen molar-refractivity contribution in [3.63, 3.8) is 0 Å². The summed E-state index contributed by atoms with van der Waals surface area (Å²) in [5.74, 6) is 0.771. The van der Waals surface area contributed by atoms with Crippen molar-refractivity contribution in [3.05, 3.63) is 53.6 Å². The van der Waals surface area contributed by atoms with Crippen LogP contribution in [0.25, 0.3) is 0 Å². The summed E-state index contributed by atoms with van der Waals surface area (Å²) in [4.78, 5) is 24.9. The molecule has 2 rings (SSSR count). The van der Waals surface area contributed by atoms with E-state index in [0.717, 1.165) is 11.3 Å². The first-order valence-electron chi connectivity index (χ1n) is 9.85. The lowest BCUT2D eigenvalue weighted by Crippen LogP contribution is -2.34. The van der Waals surface area contributed by atoms with Crippen LogP contribution in [0, 0.1) is 5.92 Å². The van der Waals surface area contributed by atoms with Crippen LogP contribution in [0.5, 0.6) is 11.5 Å². The summed E-state index contributed by atoms with van der Waals surface area (Å²) in [5.41, 5.74) is 2.03. The normalized spacial score (nSPS) is 11.7. The third-order valence-corrected chi connectivity index (χ3v) is 4.37. The van der Waals surface area contributed by atoms with E-state index in [1.807, 2.05) is 52.0 Å². The van der Waals surface area contributed by atoms with Gasteiger partial charge in [0, 0.05) is 17.6 Å². The molecule has 2 amide bonds. The number of hydrogen-bond acceptors (Lipinski definition) is 4. The predicted molar refractivity (Wildman–Crippen MR) is 115 cm³/mol. The van der Waals surface area contributed by atoms with Gasteiger partial charge >= 0.3 is 0 Å². The van der Waals surface area contributed by atoms with E-state index in [9.17, 15) is 9.59 Å². The van der Waals surface area contributed by atoms with Gasteiger partial charge in [0.1, 0.15) is 11.5 Å². The number of carbonyl (C=O) groups excluding carboxylic acids is 2. The summed E-state index contributed by atoms with van der Waals surface area (Å²) < 4.78 is 10.9. The maximum Gasteiger partial charge on any atom is 0.255 e. The number of methoxy groups -OCH3 is 1. The molecule has 0 spiro atoms. The molecule has 1 atom stereocenters. The number of amides is 2. The molecule has 2 aromatic carbocycles. The van der Waals surface area contributed by atoms with Crippen molar-refractivity contribution in [3.8, 4) is 11.5 Å². The van der Waals surface area contributed by atoms with Gasteiger partial charge in [0.15, 0.2) is 0 Å². The van der Waals surface area contributed by atoms with Gasteiger partial charge in [-0.05, 0) is 56.2 Å². The number of nitrogens with one attached hydrogen (secondary N) is 2. The summed E-state index contributed by atoms with van der Waals surface area (Å²) in [6, 6.07) is 12.8. The monoisotopic (exact) mass is 398 g/mol. The van der Waals surface area contributed by atoms with E-state index in [-0.39, 0.29) is 23.8 Å². The molecule has 156 valence electrons. The van der Waals surface area contributed by atoms with E-state index >= 15 is 0 Å². The Kier molecular flexibility index (Phi) is 8.07. The second kappa shape index (κ2) is 10.5. The zero-order chi connectivity index (χ0) is 21.4. The van der Waals surface area contributed by atoms with Crippen LogP contribution in [0.1, 0.15) is 43.6 Å². The van der Waals surface area contributed by atoms with Crippen molar-refractivity contribution >= 4 is 17.5 Å². The molecule has 0 bridgehead atoms. The van der Waals surface area contributed by atoms with Crippen molar-refractivity contribution in [1.29, 1.82) is 0 Å². The van der Waals surface area contributed by atoms with Gasteiger partial charge in [0.05, 0.1) is 19.3 Å². The zero-order valence-corrected chi connectivity index (χ0v) is 17.7. The number of hydrogen-bond donors (Lipinski definition) is 2. The third kappa shape index (κ3) is 6.52. The summed E-state index contributed by atoms with van der Waals surface area (Å²) in [7, 11) is 1.63. The van der Waals surface area contributed by atoms with Crippen molar-refractivity contribution in [2.45, 2.75) is 40.2 Å². The number of ether oxygens (including phenoxy) is 2. The van der Waals surface area contributed by atoms with E-state index in [1.54, 1.807) is 25.3 Å². The second-order valence-electron chi connectivity index (χ2n) is 7.22. The molecule has 6 heteroatoms. The molecule has 1 unspecified atom stereocenters. The smallest absolute Gasteiger partial charge is 0.255 e. The number of anilines is 1. The molecule has 0 aromatic heterocycles. The van der Waals surface area contributed by atoms with E-state index in [4.69, 9.17) is 9.47 Å². The molecule has 0 saturated carbocycles. The summed E-state index contributed by atoms with van der Waals surface area (Å²) >= 11 is 0. The Morgan fingerprint density at radius 1 is 1.07 bits per heavy atom. The summed E-state index contributed by atoms with van der Waals surface area (Å²) in [6.07, 6.45) is 0.663. The third-order valence-electron chi connectivity index (χ3n) is 4.37. The molecule has 0 heterocycles. The Morgan fingerprint density at radius 3 is 2.48 bits per heavy atom. The first kappa shape index (κ1) is 22.3. The molecule has 0 saturated heterocycles. The summed E-state index contributed by atoms with van der Waals surface area (Å²) in [6.45, 7) is 7.89. The van der Waals surface area contributed by atoms with Gasteiger partial charge in [0.25, 0.3) is 5.91 Å². The highest BCUT2D eigenvalue weighted by molar-refractivity contribution is 5.99. The van der Waals surface area contributed by atoms with Gasteiger partial charge < -0.3 is 20.1 Å². The van der Waals surface area contributed by atoms with Gasteiger partial charge in [-0.2, -0.15) is 0 Å². The van der Waals surface area contributed by atoms with Crippen molar-refractivity contribution in [2.24, 2.45) is 5.92 Å². The minimum atomic E-state index is -0.246. The molecule has 2 N–H and O–H groups in total. The Labute approximate surface area is 172 Å². The second-order valence-corrected chi connectivity index (χ2v) is 7.22. The molecule has 0 radical (unpaired) electrons. The first-order valence-corrected chi connectivity index (χ1v) is 9.85. The number of carbonyl (C=O) groups is 2. The average molecular weight is 399 g/mol. The standard InChI is InChI=1S/C23H30N2O4/c1-6-29-21-11-10-18(25-22(26)15(2)3)14-20(21)23(27)24-16(4)12-17-8-7-9-19(13-17)28-5/h7-11,13-16H,6,12H2,1-5H3,(H,24,27)(H,25,26). The highest BCUT2D eigenvalue weighted by Crippen LogP contribution is 2.24. The van der Waals surface area contributed by atoms with Crippen LogP contribution >= 0.6 is 0 Å². The maximum atomic E-state index is 12.9. The molecular weight excluding hydrogens is 368 g/mol. The van der Waals surface area contributed by atoms with Gasteiger partial charge in [0.2, 0.25) is 5.91 Å². The predicted octanol–water partition coefficient (Wildman–Crippen LogP) is 4.05. The van der Waals surface area contributed by atoms with Crippen molar-refractivity contribution < 1.29 is 19.1 Å². The Morgan fingerprint density at radius 2 is 1.83 bits per heavy atom. The lowest BCUT2D eigenvalue weighted by atomic mass is 10.1. The molecule has 29 heavy (non-hydrogen) atoms. The molecule has 0 aliphatic heterocycles. The average Bonchev–Trinajstić information content (AvgIpc) is 2.69. The van der Waals surface area contributed by atoms with Crippen LogP contribution in [0.2, 0.25) is 0 Å². The van der Waals surface area contributed by atoms with Crippen LogP contribution in [0.15, 0.2) is 42.5 Å². The van der Waals surface area contributed by atoms with Gasteiger partial charge in [-0.25, -0.2) is 0 Å². The SMILES string of the molecule is CCOc1ccc(NC(=O)C(C)C)cc1C(=O)NC(C)Cc1cccc(OC)c1. The minimum absolute atomic E-state index is 0.0991. The Bertz CT molecular complexity index is 849. The lowest BCUT2D eigenvalue weighted by molar-refractivity contribution is -0.118. The molecule has 0 aliphatic carbocycles. The molecule has 6 nitrogen and oxygen atoms in total. The van der Waals surface area contributed by atoms with Gasteiger partial charge in [-0.3, -0.25) is 9.59 Å². The fraction of sp³-hybridized carbons (Fsp3) is 0.391. The molecule has 2 aromatic rings. The van der Waals surface area contributed by atoms with E-state index in [1.165, 1.54) is 0 Å². The zero-order valence-electron chi connectivity index (χ0n) is 17.7. The van der Waals surface area contributed by atoms with Crippen molar-refractivity contribution in [2.75, 3.05) is 19.0 Å². The first-order chi connectivity index (χ1) is 13.8. The molecule has 0 aliphatic rings. The molecule has 0 fully saturated rings. The van der Waals surface area contributed by atoms with E-state index in [2.05, 4.69) is 10.6 Å².